The number of nitrogens with two attached hydrogens (primary N) is 1. The molecule has 1 saturated heterocycles. The van der Waals surface area contributed by atoms with Crippen LogP contribution < -0.4 is 5.73 Å². The summed E-state index contributed by atoms with van der Waals surface area (Å²) in [5.74, 6) is 1.54. The van der Waals surface area contributed by atoms with Crippen molar-refractivity contribution in [3.8, 4) is 0 Å². The molecule has 3 rings (SSSR count). The van der Waals surface area contributed by atoms with Crippen LogP contribution in [0.25, 0.3) is 0 Å². The van der Waals surface area contributed by atoms with Gasteiger partial charge in [0.15, 0.2) is 0 Å². The minimum atomic E-state index is 0.351. The van der Waals surface area contributed by atoms with Crippen molar-refractivity contribution in [1.29, 1.82) is 0 Å². The standard InChI is InChI=1S/C16H24N2/c1-12-8-9-18(11-16(12)17)10-13-2-4-14(5-3-13)15-6-7-15/h2-5,12,15-16H,6-11,17H2,1H3. The van der Waals surface area contributed by atoms with E-state index in [4.69, 9.17) is 5.73 Å². The lowest BCUT2D eigenvalue weighted by Crippen LogP contribution is -2.47. The lowest BCUT2D eigenvalue weighted by molar-refractivity contribution is 0.162. The van der Waals surface area contributed by atoms with Crippen molar-refractivity contribution in [3.05, 3.63) is 35.4 Å². The van der Waals surface area contributed by atoms with E-state index in [-0.39, 0.29) is 0 Å². The number of piperidine rings is 1. The number of likely N-dealkylation sites (tertiary alicyclic amines) is 1. The van der Waals surface area contributed by atoms with Crippen molar-refractivity contribution in [2.75, 3.05) is 13.1 Å². The molecule has 0 bridgehead atoms. The van der Waals surface area contributed by atoms with Crippen LogP contribution in [0, 0.1) is 5.92 Å². The number of rotatable bonds is 3. The molecule has 1 aromatic rings. The van der Waals surface area contributed by atoms with Crippen molar-refractivity contribution in [3.63, 3.8) is 0 Å². The van der Waals surface area contributed by atoms with Gasteiger partial charge in [0.25, 0.3) is 0 Å². The Bertz CT molecular complexity index is 394. The molecular formula is C16H24N2. The van der Waals surface area contributed by atoms with Crippen molar-refractivity contribution in [2.45, 2.75) is 44.7 Å². The maximum absolute atomic E-state index is 6.15. The second-order valence-electron chi connectivity index (χ2n) is 6.18. The van der Waals surface area contributed by atoms with Gasteiger partial charge in [-0.3, -0.25) is 4.90 Å². The van der Waals surface area contributed by atoms with E-state index in [9.17, 15) is 0 Å². The molecule has 98 valence electrons. The van der Waals surface area contributed by atoms with Crippen molar-refractivity contribution in [2.24, 2.45) is 11.7 Å². The molecule has 1 aliphatic carbocycles. The fourth-order valence-corrected chi connectivity index (χ4v) is 2.88. The third-order valence-electron chi connectivity index (χ3n) is 4.54. The van der Waals surface area contributed by atoms with Gasteiger partial charge in [0.2, 0.25) is 0 Å². The van der Waals surface area contributed by atoms with Gasteiger partial charge in [-0.15, -0.1) is 0 Å². The van der Waals surface area contributed by atoms with Gasteiger partial charge in [0.05, 0.1) is 0 Å². The van der Waals surface area contributed by atoms with E-state index in [1.165, 1.54) is 36.9 Å². The van der Waals surface area contributed by atoms with Crippen LogP contribution in [0.15, 0.2) is 24.3 Å². The summed E-state index contributed by atoms with van der Waals surface area (Å²) in [6.07, 6.45) is 4.01. The fourth-order valence-electron chi connectivity index (χ4n) is 2.88. The van der Waals surface area contributed by atoms with Gasteiger partial charge in [-0.1, -0.05) is 31.2 Å². The van der Waals surface area contributed by atoms with Gasteiger partial charge in [0, 0.05) is 19.1 Å². The minimum Gasteiger partial charge on any atom is -0.326 e. The number of hydrogen-bond donors (Lipinski definition) is 1. The second kappa shape index (κ2) is 5.02. The average Bonchev–Trinajstić information content (AvgIpc) is 3.19. The van der Waals surface area contributed by atoms with E-state index < -0.39 is 0 Å². The summed E-state index contributed by atoms with van der Waals surface area (Å²) >= 11 is 0. The van der Waals surface area contributed by atoms with Crippen LogP contribution in [0.3, 0.4) is 0 Å². The van der Waals surface area contributed by atoms with Crippen LogP contribution in [-0.2, 0) is 6.54 Å². The molecule has 0 amide bonds. The second-order valence-corrected chi connectivity index (χ2v) is 6.18. The van der Waals surface area contributed by atoms with E-state index in [1.54, 1.807) is 0 Å². The zero-order valence-electron chi connectivity index (χ0n) is 11.3. The first kappa shape index (κ1) is 12.2. The molecule has 1 aromatic carbocycles. The van der Waals surface area contributed by atoms with Gasteiger partial charge in [-0.05, 0) is 48.8 Å². The van der Waals surface area contributed by atoms with Gasteiger partial charge in [-0.25, -0.2) is 0 Å². The Morgan fingerprint density at radius 1 is 1.17 bits per heavy atom. The molecule has 0 spiro atoms. The van der Waals surface area contributed by atoms with E-state index >= 15 is 0 Å². The largest absolute Gasteiger partial charge is 0.326 e. The first-order chi connectivity index (χ1) is 8.72. The Morgan fingerprint density at radius 2 is 1.89 bits per heavy atom. The van der Waals surface area contributed by atoms with Crippen LogP contribution in [0.1, 0.15) is 43.2 Å². The minimum absolute atomic E-state index is 0.351. The lowest BCUT2D eigenvalue weighted by Gasteiger charge is -2.35. The van der Waals surface area contributed by atoms with E-state index in [0.29, 0.717) is 12.0 Å². The van der Waals surface area contributed by atoms with Gasteiger partial charge in [-0.2, -0.15) is 0 Å². The third kappa shape index (κ3) is 2.76. The highest BCUT2D eigenvalue weighted by atomic mass is 15.1. The van der Waals surface area contributed by atoms with Gasteiger partial charge in [0.1, 0.15) is 0 Å². The molecule has 0 radical (unpaired) electrons. The van der Waals surface area contributed by atoms with Crippen LogP contribution in [0.2, 0.25) is 0 Å². The molecule has 1 saturated carbocycles. The molecule has 2 unspecified atom stereocenters. The first-order valence-electron chi connectivity index (χ1n) is 7.29. The van der Waals surface area contributed by atoms with E-state index in [2.05, 4.69) is 36.1 Å². The molecule has 0 aromatic heterocycles. The monoisotopic (exact) mass is 244 g/mol. The summed E-state index contributed by atoms with van der Waals surface area (Å²) in [4.78, 5) is 2.50. The van der Waals surface area contributed by atoms with Crippen LogP contribution in [0.5, 0.6) is 0 Å². The molecule has 2 nitrogen and oxygen atoms in total. The Hall–Kier alpha value is -0.860. The number of nitrogens with zero attached hydrogens (tertiary/aromatic N) is 1. The molecule has 1 aliphatic heterocycles. The lowest BCUT2D eigenvalue weighted by atomic mass is 9.94. The van der Waals surface area contributed by atoms with Crippen molar-refractivity contribution in [1.82, 2.24) is 4.90 Å². The number of hydrogen-bond acceptors (Lipinski definition) is 2. The fraction of sp³-hybridized carbons (Fsp3) is 0.625. The quantitative estimate of drug-likeness (QED) is 0.886. The van der Waals surface area contributed by atoms with Crippen LogP contribution >= 0.6 is 0 Å². The Labute approximate surface area is 110 Å². The Kier molecular flexibility index (Phi) is 3.40. The average molecular weight is 244 g/mol. The SMILES string of the molecule is CC1CCN(Cc2ccc(C3CC3)cc2)CC1N. The van der Waals surface area contributed by atoms with Crippen molar-refractivity contribution >= 4 is 0 Å². The molecule has 2 N–H and O–H groups in total. The molecule has 2 heteroatoms. The molecule has 2 aliphatic rings. The Balaban J connectivity index is 1.58. The molecular weight excluding hydrogens is 220 g/mol. The summed E-state index contributed by atoms with van der Waals surface area (Å²) < 4.78 is 0. The van der Waals surface area contributed by atoms with E-state index in [1.807, 2.05) is 0 Å². The zero-order chi connectivity index (χ0) is 12.5. The maximum Gasteiger partial charge on any atom is 0.0234 e. The smallest absolute Gasteiger partial charge is 0.0234 e. The number of benzene rings is 1. The summed E-state index contributed by atoms with van der Waals surface area (Å²) in [7, 11) is 0. The predicted molar refractivity (Wildman–Crippen MR) is 75.5 cm³/mol. The highest BCUT2D eigenvalue weighted by Gasteiger charge is 2.24. The van der Waals surface area contributed by atoms with Crippen LogP contribution in [-0.4, -0.2) is 24.0 Å². The normalized spacial score (nSPS) is 29.4. The molecule has 2 fully saturated rings. The molecule has 18 heavy (non-hydrogen) atoms. The maximum atomic E-state index is 6.15. The van der Waals surface area contributed by atoms with E-state index in [0.717, 1.165) is 19.0 Å². The topological polar surface area (TPSA) is 29.3 Å². The van der Waals surface area contributed by atoms with Crippen molar-refractivity contribution < 1.29 is 0 Å². The highest BCUT2D eigenvalue weighted by Crippen LogP contribution is 2.39. The van der Waals surface area contributed by atoms with Gasteiger partial charge >= 0.3 is 0 Å². The summed E-state index contributed by atoms with van der Waals surface area (Å²) in [5, 5.41) is 0. The first-order valence-corrected chi connectivity index (χ1v) is 7.29. The summed E-state index contributed by atoms with van der Waals surface area (Å²) in [6.45, 7) is 5.57. The third-order valence-corrected chi connectivity index (χ3v) is 4.54. The van der Waals surface area contributed by atoms with Gasteiger partial charge < -0.3 is 5.73 Å². The van der Waals surface area contributed by atoms with Crippen LogP contribution in [0.4, 0.5) is 0 Å². The Morgan fingerprint density at radius 3 is 2.50 bits per heavy atom. The predicted octanol–water partition coefficient (Wildman–Crippen LogP) is 2.73. The zero-order valence-corrected chi connectivity index (χ0v) is 11.3. The molecule has 2 atom stereocenters. The molecule has 1 heterocycles. The summed E-state index contributed by atoms with van der Waals surface area (Å²) in [5.41, 5.74) is 9.11. The summed E-state index contributed by atoms with van der Waals surface area (Å²) in [6, 6.07) is 9.59. The highest BCUT2D eigenvalue weighted by molar-refractivity contribution is 5.28.